The number of benzene rings is 1. The van der Waals surface area contributed by atoms with Gasteiger partial charge in [0.15, 0.2) is 0 Å². The maximum absolute atomic E-state index is 13.6. The molecule has 1 aliphatic carbocycles. The van der Waals surface area contributed by atoms with Crippen molar-refractivity contribution in [2.24, 2.45) is 0 Å². The second-order valence-electron chi connectivity index (χ2n) is 8.65. The number of aliphatic hydroxyl groups excluding tert-OH is 1. The molecule has 8 heteroatoms. The van der Waals surface area contributed by atoms with Crippen LogP contribution in [0.4, 0.5) is 10.3 Å². The first-order chi connectivity index (χ1) is 14.6. The van der Waals surface area contributed by atoms with Gasteiger partial charge in [-0.2, -0.15) is 0 Å². The van der Waals surface area contributed by atoms with Crippen LogP contribution in [0.2, 0.25) is 0 Å². The lowest BCUT2D eigenvalue weighted by molar-refractivity contribution is 0.229. The van der Waals surface area contributed by atoms with Crippen LogP contribution in [0.3, 0.4) is 0 Å². The molecule has 160 valence electrons. The van der Waals surface area contributed by atoms with Crippen LogP contribution in [-0.2, 0) is 23.8 Å². The fourth-order valence-corrected chi connectivity index (χ4v) is 5.88. The van der Waals surface area contributed by atoms with Gasteiger partial charge in [0.2, 0.25) is 5.95 Å². The zero-order chi connectivity index (χ0) is 20.7. The number of piperidine rings is 1. The van der Waals surface area contributed by atoms with E-state index in [1.54, 1.807) is 12.1 Å². The highest BCUT2D eigenvalue weighted by Gasteiger charge is 2.42. The SMILES string of the molecule is O=S1CCc2nc(N3CCC(c4cccc(F)c4)CC3)nc(CNC3(CO)CC3)c21. The third kappa shape index (κ3) is 3.88. The number of aliphatic hydroxyl groups is 1. The molecule has 2 fully saturated rings. The van der Waals surface area contributed by atoms with Crippen molar-refractivity contribution < 1.29 is 13.7 Å². The summed E-state index contributed by atoms with van der Waals surface area (Å²) in [4.78, 5) is 12.6. The molecule has 0 radical (unpaired) electrons. The molecule has 1 aromatic carbocycles. The number of aromatic nitrogens is 2. The predicted octanol–water partition coefficient (Wildman–Crippen LogP) is 2.28. The Balaban J connectivity index is 1.33. The van der Waals surface area contributed by atoms with Gasteiger partial charge in [-0.25, -0.2) is 14.4 Å². The molecule has 2 aromatic rings. The van der Waals surface area contributed by atoms with Crippen molar-refractivity contribution in [1.29, 1.82) is 0 Å². The van der Waals surface area contributed by atoms with Crippen molar-refractivity contribution in [1.82, 2.24) is 15.3 Å². The average Bonchev–Trinajstić information content (AvgIpc) is 3.47. The van der Waals surface area contributed by atoms with Crippen molar-refractivity contribution in [2.75, 3.05) is 30.3 Å². The number of hydrogen-bond acceptors (Lipinski definition) is 6. The van der Waals surface area contributed by atoms with Crippen LogP contribution >= 0.6 is 0 Å². The number of nitrogens with zero attached hydrogens (tertiary/aromatic N) is 3. The van der Waals surface area contributed by atoms with Gasteiger partial charge in [-0.1, -0.05) is 12.1 Å². The Morgan fingerprint density at radius 1 is 1.27 bits per heavy atom. The third-order valence-electron chi connectivity index (χ3n) is 6.63. The van der Waals surface area contributed by atoms with Crippen LogP contribution in [0.25, 0.3) is 0 Å². The number of hydrogen-bond donors (Lipinski definition) is 2. The van der Waals surface area contributed by atoms with Gasteiger partial charge in [-0.15, -0.1) is 0 Å². The summed E-state index contributed by atoms with van der Waals surface area (Å²) in [5.74, 6) is 1.47. The van der Waals surface area contributed by atoms with Gasteiger partial charge in [-0.05, 0) is 49.3 Å². The van der Waals surface area contributed by atoms with Crippen molar-refractivity contribution in [3.63, 3.8) is 0 Å². The second kappa shape index (κ2) is 7.98. The molecule has 1 aromatic heterocycles. The molecule has 0 bridgehead atoms. The maximum Gasteiger partial charge on any atom is 0.225 e. The molecule has 0 amide bonds. The molecule has 3 aliphatic rings. The van der Waals surface area contributed by atoms with Crippen LogP contribution in [0, 0.1) is 5.82 Å². The van der Waals surface area contributed by atoms with Gasteiger partial charge in [0.1, 0.15) is 5.82 Å². The molecular weight excluding hydrogens is 403 g/mol. The Morgan fingerprint density at radius 3 is 2.77 bits per heavy atom. The number of anilines is 1. The van der Waals surface area contributed by atoms with E-state index in [0.717, 1.165) is 67.0 Å². The summed E-state index contributed by atoms with van der Waals surface area (Å²) in [6.45, 7) is 2.25. The minimum Gasteiger partial charge on any atom is -0.394 e. The monoisotopic (exact) mass is 430 g/mol. The highest BCUT2D eigenvalue weighted by molar-refractivity contribution is 7.85. The van der Waals surface area contributed by atoms with E-state index in [2.05, 4.69) is 10.2 Å². The van der Waals surface area contributed by atoms with Gasteiger partial charge in [0.05, 0.1) is 33.7 Å². The van der Waals surface area contributed by atoms with Gasteiger partial charge in [0.25, 0.3) is 0 Å². The lowest BCUT2D eigenvalue weighted by Crippen LogP contribution is -2.36. The molecule has 1 saturated heterocycles. The van der Waals surface area contributed by atoms with E-state index in [4.69, 9.17) is 9.97 Å². The lowest BCUT2D eigenvalue weighted by Gasteiger charge is -2.32. The smallest absolute Gasteiger partial charge is 0.225 e. The van der Waals surface area contributed by atoms with Crippen molar-refractivity contribution in [3.05, 3.63) is 47.0 Å². The number of halogens is 1. The number of fused-ring (bicyclic) bond motifs is 1. The quantitative estimate of drug-likeness (QED) is 0.732. The molecule has 5 rings (SSSR count). The summed E-state index contributed by atoms with van der Waals surface area (Å²) in [7, 11) is -1.05. The van der Waals surface area contributed by atoms with E-state index in [0.29, 0.717) is 24.2 Å². The number of aryl methyl sites for hydroxylation is 1. The Morgan fingerprint density at radius 2 is 2.07 bits per heavy atom. The van der Waals surface area contributed by atoms with E-state index in [-0.39, 0.29) is 18.0 Å². The number of rotatable bonds is 6. The van der Waals surface area contributed by atoms with Crippen LogP contribution < -0.4 is 10.2 Å². The van der Waals surface area contributed by atoms with Crippen LogP contribution in [0.15, 0.2) is 29.2 Å². The Bertz CT molecular complexity index is 974. The van der Waals surface area contributed by atoms with E-state index < -0.39 is 10.8 Å². The molecule has 30 heavy (non-hydrogen) atoms. The summed E-state index contributed by atoms with van der Waals surface area (Å²) < 4.78 is 26.1. The van der Waals surface area contributed by atoms with E-state index in [1.165, 1.54) is 6.07 Å². The minimum atomic E-state index is -1.05. The molecule has 2 aliphatic heterocycles. The molecule has 2 N–H and O–H groups in total. The molecule has 3 heterocycles. The topological polar surface area (TPSA) is 78.4 Å². The minimum absolute atomic E-state index is 0.115. The molecule has 1 unspecified atom stereocenters. The van der Waals surface area contributed by atoms with Crippen LogP contribution in [-0.4, -0.2) is 50.3 Å². The van der Waals surface area contributed by atoms with Crippen molar-refractivity contribution in [3.8, 4) is 0 Å². The largest absolute Gasteiger partial charge is 0.394 e. The summed E-state index contributed by atoms with van der Waals surface area (Å²) in [5, 5.41) is 13.0. The van der Waals surface area contributed by atoms with Crippen LogP contribution in [0.5, 0.6) is 0 Å². The van der Waals surface area contributed by atoms with Gasteiger partial charge in [-0.3, -0.25) is 4.21 Å². The van der Waals surface area contributed by atoms with Gasteiger partial charge in [0, 0.05) is 37.3 Å². The standard InChI is InChI=1S/C22H27FN4O2S/c23-17-3-1-2-16(12-17)15-4-9-27(10-5-15)21-25-18-6-11-30(29)20(18)19(26-21)13-24-22(14-28)7-8-22/h1-3,12,15,24,28H,4-11,13-14H2. The van der Waals surface area contributed by atoms with E-state index >= 15 is 0 Å². The molecular formula is C22H27FN4O2S. The summed E-state index contributed by atoms with van der Waals surface area (Å²) in [6.07, 6.45) is 4.49. The Kier molecular flexibility index (Phi) is 5.33. The Hall–Kier alpha value is -1.90. The fourth-order valence-electron chi connectivity index (χ4n) is 4.51. The molecule has 1 atom stereocenters. The van der Waals surface area contributed by atoms with E-state index in [9.17, 15) is 13.7 Å². The first-order valence-corrected chi connectivity index (χ1v) is 12.0. The first kappa shape index (κ1) is 20.0. The summed E-state index contributed by atoms with van der Waals surface area (Å²) in [6, 6.07) is 6.90. The lowest BCUT2D eigenvalue weighted by atomic mass is 9.89. The molecule has 1 saturated carbocycles. The van der Waals surface area contributed by atoms with Crippen molar-refractivity contribution in [2.45, 2.75) is 55.0 Å². The van der Waals surface area contributed by atoms with Gasteiger partial charge >= 0.3 is 0 Å². The van der Waals surface area contributed by atoms with Crippen LogP contribution in [0.1, 0.15) is 48.6 Å². The molecule has 6 nitrogen and oxygen atoms in total. The molecule has 0 spiro atoms. The zero-order valence-electron chi connectivity index (χ0n) is 16.9. The normalized spacial score (nSPS) is 22.9. The highest BCUT2D eigenvalue weighted by Crippen LogP contribution is 2.36. The maximum atomic E-state index is 13.6. The highest BCUT2D eigenvalue weighted by atomic mass is 32.2. The van der Waals surface area contributed by atoms with E-state index in [1.807, 2.05) is 6.07 Å². The fraction of sp³-hybridized carbons (Fsp3) is 0.545. The number of nitrogens with one attached hydrogen (secondary N) is 1. The zero-order valence-corrected chi connectivity index (χ0v) is 17.8. The first-order valence-electron chi connectivity index (χ1n) is 10.7. The summed E-state index contributed by atoms with van der Waals surface area (Å²) >= 11 is 0. The predicted molar refractivity (Wildman–Crippen MR) is 113 cm³/mol. The van der Waals surface area contributed by atoms with Crippen molar-refractivity contribution >= 4 is 16.7 Å². The van der Waals surface area contributed by atoms with Gasteiger partial charge < -0.3 is 15.3 Å². The summed E-state index contributed by atoms with van der Waals surface area (Å²) in [5.41, 5.74) is 2.57. The third-order valence-corrected chi connectivity index (χ3v) is 8.13. The average molecular weight is 431 g/mol. The second-order valence-corrected chi connectivity index (χ2v) is 10.2. The Labute approximate surface area is 178 Å².